The lowest BCUT2D eigenvalue weighted by atomic mass is 10.1. The minimum absolute atomic E-state index is 0.0251. The van der Waals surface area contributed by atoms with E-state index in [0.717, 1.165) is 5.69 Å². The second-order valence-electron chi connectivity index (χ2n) is 6.00. The number of benzene rings is 1. The minimum Gasteiger partial charge on any atom is -0.359 e. The van der Waals surface area contributed by atoms with Crippen molar-refractivity contribution >= 4 is 23.3 Å². The molecule has 0 radical (unpaired) electrons. The number of pyridine rings is 1. The SMILES string of the molecule is CNC(=O)C(C)CN(C)c1cc(C(=O)N(C)c2ccccc2)ccn1. The van der Waals surface area contributed by atoms with E-state index in [0.29, 0.717) is 17.9 Å². The molecule has 2 amide bonds. The predicted molar refractivity (Wildman–Crippen MR) is 99.9 cm³/mol. The van der Waals surface area contributed by atoms with E-state index < -0.39 is 0 Å². The number of nitrogens with zero attached hydrogens (tertiary/aromatic N) is 3. The molecule has 1 aromatic heterocycles. The zero-order valence-corrected chi connectivity index (χ0v) is 15.1. The number of hydrogen-bond donors (Lipinski definition) is 1. The fraction of sp³-hybridized carbons (Fsp3) is 0.316. The minimum atomic E-state index is -0.178. The fourth-order valence-corrected chi connectivity index (χ4v) is 2.56. The van der Waals surface area contributed by atoms with Crippen molar-refractivity contribution in [3.05, 3.63) is 54.2 Å². The highest BCUT2D eigenvalue weighted by Crippen LogP contribution is 2.18. The molecule has 6 heteroatoms. The molecule has 1 heterocycles. The summed E-state index contributed by atoms with van der Waals surface area (Å²) in [5, 5.41) is 2.64. The van der Waals surface area contributed by atoms with E-state index in [2.05, 4.69) is 10.3 Å². The number of para-hydroxylation sites is 1. The Bertz CT molecular complexity index is 733. The maximum Gasteiger partial charge on any atom is 0.258 e. The molecule has 1 N–H and O–H groups in total. The van der Waals surface area contributed by atoms with Gasteiger partial charge in [0.1, 0.15) is 5.82 Å². The summed E-state index contributed by atoms with van der Waals surface area (Å²) in [7, 11) is 5.22. The third-order valence-electron chi connectivity index (χ3n) is 4.07. The lowest BCUT2D eigenvalue weighted by Crippen LogP contribution is -2.34. The standard InChI is InChI=1S/C19H24N4O2/c1-14(18(24)20-2)13-22(3)17-12-15(10-11-21-17)19(25)23(4)16-8-6-5-7-9-16/h5-12,14H,13H2,1-4H3,(H,20,24). The molecular weight excluding hydrogens is 316 g/mol. The van der Waals surface area contributed by atoms with Crippen molar-refractivity contribution in [3.8, 4) is 0 Å². The van der Waals surface area contributed by atoms with Gasteiger partial charge in [0.25, 0.3) is 5.91 Å². The summed E-state index contributed by atoms with van der Waals surface area (Å²) in [5.41, 5.74) is 1.38. The van der Waals surface area contributed by atoms with E-state index >= 15 is 0 Å². The summed E-state index contributed by atoms with van der Waals surface area (Å²) in [6.07, 6.45) is 1.61. The lowest BCUT2D eigenvalue weighted by Gasteiger charge is -2.23. The Morgan fingerprint density at radius 1 is 1.16 bits per heavy atom. The van der Waals surface area contributed by atoms with Crippen LogP contribution in [0.15, 0.2) is 48.7 Å². The van der Waals surface area contributed by atoms with E-state index in [1.54, 1.807) is 37.3 Å². The number of hydrogen-bond acceptors (Lipinski definition) is 4. The van der Waals surface area contributed by atoms with Crippen LogP contribution in [-0.2, 0) is 4.79 Å². The maximum atomic E-state index is 12.7. The highest BCUT2D eigenvalue weighted by molar-refractivity contribution is 6.06. The molecular formula is C19H24N4O2. The first-order valence-corrected chi connectivity index (χ1v) is 8.16. The average Bonchev–Trinajstić information content (AvgIpc) is 2.66. The van der Waals surface area contributed by atoms with Crippen LogP contribution in [0.3, 0.4) is 0 Å². The molecule has 2 aromatic rings. The van der Waals surface area contributed by atoms with E-state index in [4.69, 9.17) is 0 Å². The van der Waals surface area contributed by atoms with Gasteiger partial charge in [0.15, 0.2) is 0 Å². The summed E-state index contributed by atoms with van der Waals surface area (Å²) >= 11 is 0. The summed E-state index contributed by atoms with van der Waals surface area (Å²) in [4.78, 5) is 32.2. The number of amides is 2. The Hall–Kier alpha value is -2.89. The molecule has 0 aliphatic rings. The fourth-order valence-electron chi connectivity index (χ4n) is 2.56. The monoisotopic (exact) mass is 340 g/mol. The third-order valence-corrected chi connectivity index (χ3v) is 4.07. The first-order chi connectivity index (χ1) is 11.9. The number of rotatable bonds is 6. The van der Waals surface area contributed by atoms with Crippen LogP contribution in [0, 0.1) is 5.92 Å². The molecule has 6 nitrogen and oxygen atoms in total. The number of carbonyl (C=O) groups excluding carboxylic acids is 2. The van der Waals surface area contributed by atoms with Crippen LogP contribution in [0.25, 0.3) is 0 Å². The summed E-state index contributed by atoms with van der Waals surface area (Å²) in [6, 6.07) is 12.9. The van der Waals surface area contributed by atoms with Gasteiger partial charge in [0.2, 0.25) is 5.91 Å². The third kappa shape index (κ3) is 4.56. The van der Waals surface area contributed by atoms with Gasteiger partial charge in [-0.3, -0.25) is 9.59 Å². The maximum absolute atomic E-state index is 12.7. The molecule has 1 atom stereocenters. The summed E-state index contributed by atoms with van der Waals surface area (Å²) in [5.74, 6) is 0.344. The van der Waals surface area contributed by atoms with Gasteiger partial charge in [-0.25, -0.2) is 4.98 Å². The van der Waals surface area contributed by atoms with Crippen molar-refractivity contribution < 1.29 is 9.59 Å². The molecule has 0 aliphatic heterocycles. The van der Waals surface area contributed by atoms with Crippen molar-refractivity contribution in [2.45, 2.75) is 6.92 Å². The van der Waals surface area contributed by atoms with Crippen LogP contribution >= 0.6 is 0 Å². The van der Waals surface area contributed by atoms with Crippen molar-refractivity contribution in [2.75, 3.05) is 37.5 Å². The van der Waals surface area contributed by atoms with E-state index in [-0.39, 0.29) is 17.7 Å². The van der Waals surface area contributed by atoms with Gasteiger partial charge in [-0.15, -0.1) is 0 Å². The van der Waals surface area contributed by atoms with E-state index in [1.165, 1.54) is 0 Å². The smallest absolute Gasteiger partial charge is 0.258 e. The Morgan fingerprint density at radius 3 is 2.48 bits per heavy atom. The molecule has 1 unspecified atom stereocenters. The highest BCUT2D eigenvalue weighted by atomic mass is 16.2. The highest BCUT2D eigenvalue weighted by Gasteiger charge is 2.17. The average molecular weight is 340 g/mol. The van der Waals surface area contributed by atoms with Gasteiger partial charge >= 0.3 is 0 Å². The largest absolute Gasteiger partial charge is 0.359 e. The molecule has 0 fully saturated rings. The Kier molecular flexibility index (Phi) is 6.11. The van der Waals surface area contributed by atoms with Crippen LogP contribution in [0.4, 0.5) is 11.5 Å². The molecule has 0 aliphatic carbocycles. The van der Waals surface area contributed by atoms with Crippen LogP contribution in [0.2, 0.25) is 0 Å². The van der Waals surface area contributed by atoms with Gasteiger partial charge < -0.3 is 15.1 Å². The molecule has 1 aromatic carbocycles. The Labute approximate surface area is 148 Å². The van der Waals surface area contributed by atoms with Gasteiger partial charge in [0, 0.05) is 45.1 Å². The van der Waals surface area contributed by atoms with Crippen molar-refractivity contribution in [2.24, 2.45) is 5.92 Å². The second kappa shape index (κ2) is 8.28. The second-order valence-corrected chi connectivity index (χ2v) is 6.00. The number of anilines is 2. The molecule has 0 saturated carbocycles. The topological polar surface area (TPSA) is 65.5 Å². The van der Waals surface area contributed by atoms with Crippen LogP contribution < -0.4 is 15.1 Å². The zero-order valence-electron chi connectivity index (χ0n) is 15.1. The van der Waals surface area contributed by atoms with Crippen LogP contribution in [0.5, 0.6) is 0 Å². The van der Waals surface area contributed by atoms with Crippen LogP contribution in [0.1, 0.15) is 17.3 Å². The van der Waals surface area contributed by atoms with Gasteiger partial charge in [-0.1, -0.05) is 25.1 Å². The number of nitrogens with one attached hydrogen (secondary N) is 1. The first-order valence-electron chi connectivity index (χ1n) is 8.16. The van der Waals surface area contributed by atoms with Crippen molar-refractivity contribution in [3.63, 3.8) is 0 Å². The molecule has 0 saturated heterocycles. The molecule has 132 valence electrons. The Morgan fingerprint density at radius 2 is 1.84 bits per heavy atom. The first kappa shape index (κ1) is 18.4. The zero-order chi connectivity index (χ0) is 18.4. The number of aromatic nitrogens is 1. The number of carbonyl (C=O) groups is 2. The van der Waals surface area contributed by atoms with E-state index in [9.17, 15) is 9.59 Å². The van der Waals surface area contributed by atoms with Crippen LogP contribution in [-0.4, -0.2) is 44.5 Å². The molecule has 0 spiro atoms. The molecule has 0 bridgehead atoms. The molecule has 25 heavy (non-hydrogen) atoms. The van der Waals surface area contributed by atoms with Crippen molar-refractivity contribution in [1.82, 2.24) is 10.3 Å². The van der Waals surface area contributed by atoms with Gasteiger partial charge in [-0.05, 0) is 24.3 Å². The predicted octanol–water partition coefficient (Wildman–Crippen LogP) is 2.18. The Balaban J connectivity index is 2.15. The summed E-state index contributed by atoms with van der Waals surface area (Å²) < 4.78 is 0. The van der Waals surface area contributed by atoms with Gasteiger partial charge in [0.05, 0.1) is 5.92 Å². The summed E-state index contributed by atoms with van der Waals surface area (Å²) in [6.45, 7) is 2.37. The normalized spacial score (nSPS) is 11.5. The quantitative estimate of drug-likeness (QED) is 0.875. The lowest BCUT2D eigenvalue weighted by molar-refractivity contribution is -0.123. The molecule has 2 rings (SSSR count). The van der Waals surface area contributed by atoms with Gasteiger partial charge in [-0.2, -0.15) is 0 Å². The van der Waals surface area contributed by atoms with Crippen molar-refractivity contribution in [1.29, 1.82) is 0 Å². The van der Waals surface area contributed by atoms with E-state index in [1.807, 2.05) is 49.2 Å².